The largest absolute Gasteiger partial charge is 0.301 e. The number of rotatable bonds is 3. The average Bonchev–Trinajstić information content (AvgIpc) is 2.67. The molecule has 0 aliphatic carbocycles. The first-order valence-electron chi connectivity index (χ1n) is 5.21. The first kappa shape index (κ1) is 13.0. The fourth-order valence-electron chi connectivity index (χ4n) is 1.75. The van der Waals surface area contributed by atoms with Crippen LogP contribution in [0.15, 0.2) is 18.2 Å². The maximum Gasteiger partial charge on any atom is 0.301 e. The fourth-order valence-corrected chi connectivity index (χ4v) is 3.56. The van der Waals surface area contributed by atoms with Gasteiger partial charge in [-0.1, -0.05) is 23.2 Å². The lowest BCUT2D eigenvalue weighted by Gasteiger charge is -2.17. The molecule has 1 aromatic carbocycles. The number of hydrogen-bond acceptors (Lipinski definition) is 2. The Balaban J connectivity index is 2.19. The number of hydrogen-bond donors (Lipinski definition) is 1. The van der Waals surface area contributed by atoms with Gasteiger partial charge < -0.3 is 0 Å². The maximum atomic E-state index is 12.0. The molecule has 0 spiro atoms. The average molecular weight is 295 g/mol. The normalized spacial score (nSPS) is 17.3. The van der Waals surface area contributed by atoms with E-state index in [-0.39, 0.29) is 0 Å². The molecule has 1 aromatic rings. The van der Waals surface area contributed by atoms with Crippen molar-refractivity contribution in [1.82, 2.24) is 4.31 Å². The van der Waals surface area contributed by atoms with Gasteiger partial charge in [-0.3, -0.25) is 4.72 Å². The number of nitrogens with one attached hydrogen (secondary N) is 1. The summed E-state index contributed by atoms with van der Waals surface area (Å²) in [5, 5.41) is 0.799. The summed E-state index contributed by atoms with van der Waals surface area (Å²) >= 11 is 11.6. The molecule has 2 rings (SSSR count). The van der Waals surface area contributed by atoms with Crippen molar-refractivity contribution in [2.45, 2.75) is 12.8 Å². The zero-order valence-corrected chi connectivity index (χ0v) is 11.3. The summed E-state index contributed by atoms with van der Waals surface area (Å²) in [6.45, 7) is 1.12. The molecule has 0 bridgehead atoms. The van der Waals surface area contributed by atoms with Crippen LogP contribution in [0.1, 0.15) is 12.8 Å². The molecule has 0 radical (unpaired) electrons. The molecule has 17 heavy (non-hydrogen) atoms. The lowest BCUT2D eigenvalue weighted by molar-refractivity contribution is 0.482. The van der Waals surface area contributed by atoms with Gasteiger partial charge in [0, 0.05) is 23.1 Å². The summed E-state index contributed by atoms with van der Waals surface area (Å²) < 4.78 is 27.8. The Bertz CT molecular complexity index is 493. The summed E-state index contributed by atoms with van der Waals surface area (Å²) in [7, 11) is -3.48. The highest BCUT2D eigenvalue weighted by Gasteiger charge is 2.25. The Morgan fingerprint density at radius 3 is 2.12 bits per heavy atom. The molecule has 0 atom stereocenters. The summed E-state index contributed by atoms with van der Waals surface area (Å²) in [4.78, 5) is 0. The first-order chi connectivity index (χ1) is 7.97. The van der Waals surface area contributed by atoms with Crippen LogP contribution in [0.4, 0.5) is 5.69 Å². The van der Waals surface area contributed by atoms with Gasteiger partial charge in [-0.15, -0.1) is 0 Å². The highest BCUT2D eigenvalue weighted by atomic mass is 35.5. The molecular formula is C10H12Cl2N2O2S. The van der Waals surface area contributed by atoms with E-state index >= 15 is 0 Å². The Labute approximate surface area is 111 Å². The summed E-state index contributed by atoms with van der Waals surface area (Å²) in [6, 6.07) is 4.61. The van der Waals surface area contributed by atoms with Crippen LogP contribution >= 0.6 is 23.2 Å². The quantitative estimate of drug-likeness (QED) is 0.932. The summed E-state index contributed by atoms with van der Waals surface area (Å²) in [6.07, 6.45) is 1.80. The zero-order valence-electron chi connectivity index (χ0n) is 8.99. The second kappa shape index (κ2) is 5.02. The van der Waals surface area contributed by atoms with Crippen LogP contribution in [0.25, 0.3) is 0 Å². The van der Waals surface area contributed by atoms with Crippen LogP contribution in [-0.2, 0) is 10.2 Å². The van der Waals surface area contributed by atoms with E-state index in [2.05, 4.69) is 4.72 Å². The number of halogens is 2. The van der Waals surface area contributed by atoms with E-state index in [9.17, 15) is 8.42 Å². The molecule has 1 aliphatic rings. The molecule has 1 N–H and O–H groups in total. The third kappa shape index (κ3) is 3.25. The monoisotopic (exact) mass is 294 g/mol. The lowest BCUT2D eigenvalue weighted by atomic mass is 10.3. The molecule has 1 aliphatic heterocycles. The van der Waals surface area contributed by atoms with E-state index in [0.717, 1.165) is 12.8 Å². The van der Waals surface area contributed by atoms with Gasteiger partial charge in [0.1, 0.15) is 0 Å². The summed E-state index contributed by atoms with van der Waals surface area (Å²) in [5.74, 6) is 0. The van der Waals surface area contributed by atoms with Crippen LogP contribution in [0, 0.1) is 0 Å². The number of benzene rings is 1. The van der Waals surface area contributed by atoms with E-state index in [1.165, 1.54) is 16.4 Å². The third-order valence-electron chi connectivity index (χ3n) is 2.51. The molecule has 7 heteroatoms. The van der Waals surface area contributed by atoms with E-state index in [0.29, 0.717) is 28.8 Å². The lowest BCUT2D eigenvalue weighted by Crippen LogP contribution is -2.33. The van der Waals surface area contributed by atoms with Crippen LogP contribution in [0.2, 0.25) is 10.0 Å². The van der Waals surface area contributed by atoms with Crippen molar-refractivity contribution in [2.75, 3.05) is 17.8 Å². The zero-order chi connectivity index (χ0) is 12.5. The number of nitrogens with zero attached hydrogens (tertiary/aromatic N) is 1. The minimum atomic E-state index is -3.48. The van der Waals surface area contributed by atoms with Crippen molar-refractivity contribution in [1.29, 1.82) is 0 Å². The Morgan fingerprint density at radius 2 is 1.59 bits per heavy atom. The smallest absolute Gasteiger partial charge is 0.271 e. The standard InChI is InChI=1S/C10H12Cl2N2O2S/c11-8-5-9(12)7-10(6-8)13-17(15,16)14-3-1-2-4-14/h5-7,13H,1-4H2. The molecule has 1 saturated heterocycles. The van der Waals surface area contributed by atoms with E-state index in [4.69, 9.17) is 23.2 Å². The number of anilines is 1. The molecule has 0 unspecified atom stereocenters. The Hall–Kier alpha value is -0.490. The van der Waals surface area contributed by atoms with Crippen molar-refractivity contribution >= 4 is 39.1 Å². The van der Waals surface area contributed by atoms with Gasteiger partial charge in [-0.25, -0.2) is 0 Å². The fraction of sp³-hybridized carbons (Fsp3) is 0.400. The van der Waals surface area contributed by atoms with E-state index < -0.39 is 10.2 Å². The van der Waals surface area contributed by atoms with Gasteiger partial charge in [0.05, 0.1) is 5.69 Å². The SMILES string of the molecule is O=S(=O)(Nc1cc(Cl)cc(Cl)c1)N1CCCC1. The van der Waals surface area contributed by atoms with Crippen LogP contribution < -0.4 is 4.72 Å². The first-order valence-corrected chi connectivity index (χ1v) is 7.41. The molecule has 0 amide bonds. The van der Waals surface area contributed by atoms with Crippen molar-refractivity contribution in [3.8, 4) is 0 Å². The minimum Gasteiger partial charge on any atom is -0.271 e. The predicted molar refractivity (Wildman–Crippen MR) is 69.8 cm³/mol. The highest BCUT2D eigenvalue weighted by molar-refractivity contribution is 7.90. The second-order valence-electron chi connectivity index (χ2n) is 3.87. The van der Waals surface area contributed by atoms with E-state index in [1.807, 2.05) is 0 Å². The van der Waals surface area contributed by atoms with Gasteiger partial charge in [0.25, 0.3) is 0 Å². The molecule has 94 valence electrons. The van der Waals surface area contributed by atoms with E-state index in [1.54, 1.807) is 6.07 Å². The molecule has 4 nitrogen and oxygen atoms in total. The van der Waals surface area contributed by atoms with Crippen LogP contribution in [-0.4, -0.2) is 25.8 Å². The molecule has 0 aromatic heterocycles. The van der Waals surface area contributed by atoms with Gasteiger partial charge in [-0.2, -0.15) is 12.7 Å². The second-order valence-corrected chi connectivity index (χ2v) is 6.41. The maximum absolute atomic E-state index is 12.0. The molecule has 0 saturated carbocycles. The summed E-state index contributed by atoms with van der Waals surface area (Å²) in [5.41, 5.74) is 0.384. The van der Waals surface area contributed by atoms with Crippen molar-refractivity contribution in [2.24, 2.45) is 0 Å². The highest BCUT2D eigenvalue weighted by Crippen LogP contribution is 2.24. The van der Waals surface area contributed by atoms with Gasteiger partial charge >= 0.3 is 10.2 Å². The Kier molecular flexibility index (Phi) is 3.82. The van der Waals surface area contributed by atoms with Gasteiger partial charge in [0.2, 0.25) is 0 Å². The predicted octanol–water partition coefficient (Wildman–Crippen LogP) is 2.75. The van der Waals surface area contributed by atoms with Gasteiger partial charge in [-0.05, 0) is 31.0 Å². The van der Waals surface area contributed by atoms with Crippen molar-refractivity contribution in [3.05, 3.63) is 28.2 Å². The molecular weight excluding hydrogens is 283 g/mol. The topological polar surface area (TPSA) is 49.4 Å². The van der Waals surface area contributed by atoms with Gasteiger partial charge in [0.15, 0.2) is 0 Å². The molecule has 1 heterocycles. The Morgan fingerprint density at radius 1 is 1.06 bits per heavy atom. The van der Waals surface area contributed by atoms with Crippen LogP contribution in [0.5, 0.6) is 0 Å². The third-order valence-corrected chi connectivity index (χ3v) is 4.49. The van der Waals surface area contributed by atoms with Crippen LogP contribution in [0.3, 0.4) is 0 Å². The van der Waals surface area contributed by atoms with Crippen molar-refractivity contribution in [3.63, 3.8) is 0 Å². The van der Waals surface area contributed by atoms with Crippen molar-refractivity contribution < 1.29 is 8.42 Å². The molecule has 1 fully saturated rings. The minimum absolute atomic E-state index is 0.384.